The minimum absolute atomic E-state index is 0.206. The molecule has 26 heavy (non-hydrogen) atoms. The van der Waals surface area contributed by atoms with Crippen LogP contribution in [0.3, 0.4) is 0 Å². The van der Waals surface area contributed by atoms with E-state index in [2.05, 4.69) is 32.3 Å². The van der Waals surface area contributed by atoms with Crippen LogP contribution in [0.4, 0.5) is 17.2 Å². The van der Waals surface area contributed by atoms with Crippen LogP contribution in [0.2, 0.25) is 10.0 Å². The highest BCUT2D eigenvalue weighted by Crippen LogP contribution is 2.33. The molecule has 7 heteroatoms. The van der Waals surface area contributed by atoms with Gasteiger partial charge in [-0.2, -0.15) is 0 Å². The number of aromatic nitrogens is 2. The van der Waals surface area contributed by atoms with Crippen molar-refractivity contribution in [2.45, 2.75) is 6.42 Å². The average Bonchev–Trinajstić information content (AvgIpc) is 3.10. The van der Waals surface area contributed by atoms with Crippen LogP contribution in [0.15, 0.2) is 54.9 Å². The minimum atomic E-state index is -0.393. The molecule has 1 aliphatic heterocycles. The Morgan fingerprint density at radius 1 is 1.04 bits per heavy atom. The largest absolute Gasteiger partial charge is 0.325 e. The van der Waals surface area contributed by atoms with E-state index >= 15 is 0 Å². The Hall–Kier alpha value is -2.63. The number of hydrogen-bond donors (Lipinski definition) is 1. The first-order valence-corrected chi connectivity index (χ1v) is 8.82. The molecule has 0 spiro atoms. The Morgan fingerprint density at radius 2 is 1.88 bits per heavy atom. The fourth-order valence-corrected chi connectivity index (χ4v) is 3.29. The Morgan fingerprint density at radius 3 is 2.69 bits per heavy atom. The van der Waals surface area contributed by atoms with Gasteiger partial charge in [0.15, 0.2) is 5.82 Å². The van der Waals surface area contributed by atoms with Crippen molar-refractivity contribution in [3.05, 3.63) is 76.2 Å². The van der Waals surface area contributed by atoms with Gasteiger partial charge in [-0.05, 0) is 30.2 Å². The van der Waals surface area contributed by atoms with Gasteiger partial charge in [0.05, 0.1) is 28.1 Å². The van der Waals surface area contributed by atoms with Crippen LogP contribution in [0.1, 0.15) is 16.1 Å². The highest BCUT2D eigenvalue weighted by molar-refractivity contribution is 6.44. The SMILES string of the molecule is O=C(Nc1cccc(Cl)c1Cl)c1cnc(N2CCc3ccccc32)cn1. The third-order valence-corrected chi connectivity index (χ3v) is 5.05. The van der Waals surface area contributed by atoms with Crippen LogP contribution in [0.5, 0.6) is 0 Å². The zero-order valence-corrected chi connectivity index (χ0v) is 15.1. The molecule has 1 amide bonds. The van der Waals surface area contributed by atoms with Crippen molar-refractivity contribution in [3.8, 4) is 0 Å². The average molecular weight is 385 g/mol. The van der Waals surface area contributed by atoms with Crippen LogP contribution in [-0.2, 0) is 6.42 Å². The van der Waals surface area contributed by atoms with Crippen molar-refractivity contribution in [3.63, 3.8) is 0 Å². The van der Waals surface area contributed by atoms with Crippen LogP contribution in [0.25, 0.3) is 0 Å². The minimum Gasteiger partial charge on any atom is -0.325 e. The van der Waals surface area contributed by atoms with E-state index in [1.54, 1.807) is 24.4 Å². The molecule has 0 saturated carbocycles. The summed E-state index contributed by atoms with van der Waals surface area (Å²) in [5.41, 5.74) is 3.05. The van der Waals surface area contributed by atoms with Gasteiger partial charge in [-0.15, -0.1) is 0 Å². The van der Waals surface area contributed by atoms with E-state index in [1.807, 2.05) is 12.1 Å². The van der Waals surface area contributed by atoms with Gasteiger partial charge in [-0.1, -0.05) is 47.5 Å². The zero-order chi connectivity index (χ0) is 18.1. The number of nitrogens with one attached hydrogen (secondary N) is 1. The number of carbonyl (C=O) groups excluding carboxylic acids is 1. The molecule has 130 valence electrons. The Kier molecular flexibility index (Phi) is 4.49. The van der Waals surface area contributed by atoms with Gasteiger partial charge in [-0.25, -0.2) is 9.97 Å². The van der Waals surface area contributed by atoms with E-state index < -0.39 is 5.91 Å². The Labute approximate surface area is 160 Å². The van der Waals surface area contributed by atoms with Crippen LogP contribution < -0.4 is 10.2 Å². The third-order valence-electron chi connectivity index (χ3n) is 4.23. The standard InChI is InChI=1S/C19H14Cl2N4O/c20-13-5-3-6-14(18(13)21)24-19(26)15-10-23-17(11-22-15)25-9-8-12-4-1-2-7-16(12)25/h1-7,10-11H,8-9H2,(H,24,26). The molecule has 2 aromatic carbocycles. The molecule has 1 aromatic heterocycles. The summed E-state index contributed by atoms with van der Waals surface area (Å²) in [7, 11) is 0. The number of anilines is 3. The molecule has 5 nitrogen and oxygen atoms in total. The molecule has 3 aromatic rings. The molecule has 0 radical (unpaired) electrons. The zero-order valence-electron chi connectivity index (χ0n) is 13.6. The van der Waals surface area contributed by atoms with Crippen LogP contribution in [0, 0.1) is 0 Å². The quantitative estimate of drug-likeness (QED) is 0.708. The second-order valence-corrected chi connectivity index (χ2v) is 6.63. The molecular formula is C19H14Cl2N4O. The van der Waals surface area contributed by atoms with E-state index in [1.165, 1.54) is 11.8 Å². The second-order valence-electron chi connectivity index (χ2n) is 5.85. The van der Waals surface area contributed by atoms with Crippen molar-refractivity contribution in [2.75, 3.05) is 16.8 Å². The van der Waals surface area contributed by atoms with E-state index in [9.17, 15) is 4.79 Å². The molecule has 0 unspecified atom stereocenters. The van der Waals surface area contributed by atoms with Gasteiger partial charge in [0.1, 0.15) is 5.69 Å². The molecule has 0 bridgehead atoms. The van der Waals surface area contributed by atoms with Gasteiger partial charge >= 0.3 is 0 Å². The van der Waals surface area contributed by atoms with E-state index in [-0.39, 0.29) is 5.69 Å². The number of hydrogen-bond acceptors (Lipinski definition) is 4. The van der Waals surface area contributed by atoms with Gasteiger partial charge in [-0.3, -0.25) is 4.79 Å². The second kappa shape index (κ2) is 6.94. The number of fused-ring (bicyclic) bond motifs is 1. The summed E-state index contributed by atoms with van der Waals surface area (Å²) in [4.78, 5) is 23.1. The van der Waals surface area contributed by atoms with E-state index in [0.717, 1.165) is 18.7 Å². The van der Waals surface area contributed by atoms with Crippen molar-refractivity contribution in [1.82, 2.24) is 9.97 Å². The van der Waals surface area contributed by atoms with Gasteiger partial charge in [0, 0.05) is 12.2 Å². The summed E-state index contributed by atoms with van der Waals surface area (Å²) >= 11 is 12.1. The van der Waals surface area contributed by atoms with Gasteiger partial charge in [0.2, 0.25) is 0 Å². The number of amides is 1. The lowest BCUT2D eigenvalue weighted by atomic mass is 10.2. The summed E-state index contributed by atoms with van der Waals surface area (Å²) in [6.07, 6.45) is 4.04. The van der Waals surface area contributed by atoms with Crippen molar-refractivity contribution >= 4 is 46.3 Å². The van der Waals surface area contributed by atoms with E-state index in [0.29, 0.717) is 21.6 Å². The van der Waals surface area contributed by atoms with Crippen LogP contribution >= 0.6 is 23.2 Å². The molecule has 1 aliphatic rings. The Bertz CT molecular complexity index is 976. The smallest absolute Gasteiger partial charge is 0.275 e. The highest BCUT2D eigenvalue weighted by atomic mass is 35.5. The number of halogens is 2. The summed E-state index contributed by atoms with van der Waals surface area (Å²) in [5.74, 6) is 0.322. The molecule has 2 heterocycles. The van der Waals surface area contributed by atoms with E-state index in [4.69, 9.17) is 23.2 Å². The fourth-order valence-electron chi connectivity index (χ4n) is 2.94. The number of carbonyl (C=O) groups is 1. The van der Waals surface area contributed by atoms with Crippen molar-refractivity contribution in [2.24, 2.45) is 0 Å². The predicted molar refractivity (Wildman–Crippen MR) is 104 cm³/mol. The maximum atomic E-state index is 12.4. The number of nitrogens with zero attached hydrogens (tertiary/aromatic N) is 3. The Balaban J connectivity index is 1.53. The lowest BCUT2D eigenvalue weighted by Crippen LogP contribution is -2.18. The monoisotopic (exact) mass is 384 g/mol. The lowest BCUT2D eigenvalue weighted by Gasteiger charge is -2.17. The summed E-state index contributed by atoms with van der Waals surface area (Å²) in [5, 5.41) is 3.37. The molecule has 0 fully saturated rings. The molecule has 0 atom stereocenters. The first kappa shape index (κ1) is 16.8. The summed E-state index contributed by atoms with van der Waals surface area (Å²) in [6, 6.07) is 13.2. The maximum Gasteiger partial charge on any atom is 0.275 e. The van der Waals surface area contributed by atoms with Gasteiger partial charge in [0.25, 0.3) is 5.91 Å². The summed E-state index contributed by atoms with van der Waals surface area (Å²) < 4.78 is 0. The first-order valence-electron chi connectivity index (χ1n) is 8.06. The van der Waals surface area contributed by atoms with Crippen molar-refractivity contribution in [1.29, 1.82) is 0 Å². The highest BCUT2D eigenvalue weighted by Gasteiger charge is 2.21. The molecule has 1 N–H and O–H groups in total. The maximum absolute atomic E-state index is 12.4. The lowest BCUT2D eigenvalue weighted by molar-refractivity contribution is 0.102. The number of para-hydroxylation sites is 1. The molecule has 4 rings (SSSR count). The molecule has 0 saturated heterocycles. The van der Waals surface area contributed by atoms with Crippen LogP contribution in [-0.4, -0.2) is 22.4 Å². The number of rotatable bonds is 3. The van der Waals surface area contributed by atoms with Crippen molar-refractivity contribution < 1.29 is 4.79 Å². The third kappa shape index (κ3) is 3.11. The van der Waals surface area contributed by atoms with Gasteiger partial charge < -0.3 is 10.2 Å². The molecular weight excluding hydrogens is 371 g/mol. The summed E-state index contributed by atoms with van der Waals surface area (Å²) in [6.45, 7) is 0.845. The fraction of sp³-hybridized carbons (Fsp3) is 0.105. The molecule has 0 aliphatic carbocycles. The normalized spacial score (nSPS) is 12.8. The topological polar surface area (TPSA) is 58.1 Å². The predicted octanol–water partition coefficient (Wildman–Crippen LogP) is 4.73. The first-order chi connectivity index (χ1) is 12.6. The number of benzene rings is 2.